The number of benzene rings is 4. The predicted molar refractivity (Wildman–Crippen MR) is 193 cm³/mol. The SMILES string of the molecule is O=C(O)c1ccc2c(C34CC5CC(C3)CC(C36CC7CC(CC(c8cccc9c(C(=O)O)c(C(=O)O)ccc89)(C7)C3)C6)(C5)C4)cccc2c1C(=O)O. The van der Waals surface area contributed by atoms with Gasteiger partial charge in [0.05, 0.1) is 22.3 Å². The van der Waals surface area contributed by atoms with E-state index in [0.29, 0.717) is 34.4 Å². The van der Waals surface area contributed by atoms with Crippen LogP contribution in [0.15, 0.2) is 60.7 Å². The summed E-state index contributed by atoms with van der Waals surface area (Å²) < 4.78 is 0. The Labute approximate surface area is 300 Å². The van der Waals surface area contributed by atoms with E-state index in [1.807, 2.05) is 24.3 Å². The van der Waals surface area contributed by atoms with Crippen molar-refractivity contribution in [1.82, 2.24) is 0 Å². The first-order valence-corrected chi connectivity index (χ1v) is 18.9. The van der Waals surface area contributed by atoms with Gasteiger partial charge in [-0.2, -0.15) is 0 Å². The minimum Gasteiger partial charge on any atom is -0.478 e. The Morgan fingerprint density at radius 1 is 0.442 bits per heavy atom. The molecular formula is C44H42O8. The van der Waals surface area contributed by atoms with Gasteiger partial charge >= 0.3 is 23.9 Å². The van der Waals surface area contributed by atoms with Crippen LogP contribution in [-0.4, -0.2) is 44.3 Å². The van der Waals surface area contributed by atoms with Crippen molar-refractivity contribution in [2.45, 2.75) is 87.9 Å². The summed E-state index contributed by atoms with van der Waals surface area (Å²) in [7, 11) is 0. The zero-order chi connectivity index (χ0) is 35.9. The molecule has 266 valence electrons. The molecule has 52 heavy (non-hydrogen) atoms. The van der Waals surface area contributed by atoms with Crippen LogP contribution in [0.2, 0.25) is 0 Å². The Morgan fingerprint density at radius 3 is 1.13 bits per heavy atom. The monoisotopic (exact) mass is 698 g/mol. The number of carboxylic acid groups (broad SMARTS) is 4. The molecule has 8 bridgehead atoms. The second-order valence-corrected chi connectivity index (χ2v) is 18.0. The molecule has 8 fully saturated rings. The van der Waals surface area contributed by atoms with Gasteiger partial charge < -0.3 is 20.4 Å². The van der Waals surface area contributed by atoms with Crippen LogP contribution in [-0.2, 0) is 10.8 Å². The lowest BCUT2D eigenvalue weighted by Crippen LogP contribution is -2.66. The molecule has 8 heteroatoms. The minimum atomic E-state index is -1.23. The van der Waals surface area contributed by atoms with E-state index in [1.54, 1.807) is 12.1 Å². The van der Waals surface area contributed by atoms with E-state index >= 15 is 0 Å². The topological polar surface area (TPSA) is 149 Å². The Morgan fingerprint density at radius 2 is 0.808 bits per heavy atom. The summed E-state index contributed by atoms with van der Waals surface area (Å²) in [6, 6.07) is 18.5. The van der Waals surface area contributed by atoms with Gasteiger partial charge in [0.2, 0.25) is 0 Å². The van der Waals surface area contributed by atoms with Crippen molar-refractivity contribution in [2.24, 2.45) is 34.5 Å². The highest BCUT2D eigenvalue weighted by Crippen LogP contribution is 2.79. The molecule has 8 nitrogen and oxygen atoms in total. The van der Waals surface area contributed by atoms with Gasteiger partial charge in [0.15, 0.2) is 0 Å². The molecule has 8 saturated carbocycles. The summed E-state index contributed by atoms with van der Waals surface area (Å²) in [5.41, 5.74) is 1.80. The van der Waals surface area contributed by atoms with Crippen molar-refractivity contribution < 1.29 is 39.6 Å². The van der Waals surface area contributed by atoms with Crippen molar-refractivity contribution in [3.05, 3.63) is 94.0 Å². The third kappa shape index (κ3) is 4.15. The lowest BCUT2D eigenvalue weighted by molar-refractivity contribution is -0.211. The average molecular weight is 699 g/mol. The molecule has 8 aliphatic rings. The summed E-state index contributed by atoms with van der Waals surface area (Å²) in [5.74, 6) is -2.56. The second-order valence-electron chi connectivity index (χ2n) is 18.0. The smallest absolute Gasteiger partial charge is 0.337 e. The highest BCUT2D eigenvalue weighted by molar-refractivity contribution is 6.13. The Bertz CT molecular complexity index is 2110. The van der Waals surface area contributed by atoms with E-state index in [9.17, 15) is 39.6 Å². The van der Waals surface area contributed by atoms with Gasteiger partial charge in [-0.15, -0.1) is 0 Å². The summed E-state index contributed by atoms with van der Waals surface area (Å²) in [6.45, 7) is 0. The molecule has 12 rings (SSSR count). The van der Waals surface area contributed by atoms with E-state index in [1.165, 1.54) is 61.8 Å². The van der Waals surface area contributed by atoms with Crippen molar-refractivity contribution in [1.29, 1.82) is 0 Å². The zero-order valence-electron chi connectivity index (χ0n) is 29.0. The van der Waals surface area contributed by atoms with Crippen LogP contribution in [0.5, 0.6) is 0 Å². The standard InChI is InChI=1S/C44H42O8/c45-37(46)31-9-7-27-29(35(31)39(49)50)3-1-5-33(27)41-13-23-11-24(14-41)18-43(17-23,21-41)44-19-25-12-26(20-44)16-42(15-25,22-44)34-6-2-4-30-28(34)8-10-32(38(47)48)36(30)40(51)52/h1-10,23-26H,11-22H2,(H,45,46)(H,47,48)(H,49,50)(H,51,52). The molecule has 4 atom stereocenters. The van der Waals surface area contributed by atoms with Gasteiger partial charge in [0, 0.05) is 0 Å². The molecule has 0 heterocycles. The average Bonchev–Trinajstić information content (AvgIpc) is 3.08. The van der Waals surface area contributed by atoms with Crippen LogP contribution >= 0.6 is 0 Å². The first-order chi connectivity index (χ1) is 24.9. The summed E-state index contributed by atoms with van der Waals surface area (Å²) in [4.78, 5) is 49.2. The molecule has 4 unspecified atom stereocenters. The molecule has 4 aromatic rings. The van der Waals surface area contributed by atoms with Crippen molar-refractivity contribution in [2.75, 3.05) is 0 Å². The van der Waals surface area contributed by atoms with Gasteiger partial charge in [-0.1, -0.05) is 48.5 Å². The van der Waals surface area contributed by atoms with Gasteiger partial charge in [-0.25, -0.2) is 19.2 Å². The van der Waals surface area contributed by atoms with Crippen LogP contribution in [0.4, 0.5) is 0 Å². The van der Waals surface area contributed by atoms with Crippen molar-refractivity contribution in [3.63, 3.8) is 0 Å². The van der Waals surface area contributed by atoms with E-state index in [-0.39, 0.29) is 43.9 Å². The van der Waals surface area contributed by atoms with Gasteiger partial charge in [0.25, 0.3) is 0 Å². The van der Waals surface area contributed by atoms with Crippen LogP contribution in [0, 0.1) is 34.5 Å². The largest absolute Gasteiger partial charge is 0.478 e. The molecule has 4 aromatic carbocycles. The fraction of sp³-hybridized carbons (Fsp3) is 0.455. The van der Waals surface area contributed by atoms with Gasteiger partial charge in [0.1, 0.15) is 0 Å². The number of rotatable bonds is 7. The molecule has 0 aliphatic heterocycles. The fourth-order valence-electron chi connectivity index (χ4n) is 14.9. The zero-order valence-corrected chi connectivity index (χ0v) is 29.0. The highest BCUT2D eigenvalue weighted by Gasteiger charge is 2.70. The summed E-state index contributed by atoms with van der Waals surface area (Å²) in [6.07, 6.45) is 13.8. The molecule has 4 N–H and O–H groups in total. The molecule has 0 saturated heterocycles. The van der Waals surface area contributed by atoms with E-state index in [4.69, 9.17) is 0 Å². The van der Waals surface area contributed by atoms with E-state index in [2.05, 4.69) is 12.1 Å². The van der Waals surface area contributed by atoms with Gasteiger partial charge in [-0.05, 0) is 167 Å². The normalized spacial score (nSPS) is 35.3. The van der Waals surface area contributed by atoms with Crippen LogP contribution < -0.4 is 0 Å². The number of hydrogen-bond acceptors (Lipinski definition) is 4. The Hall–Kier alpha value is -4.72. The highest BCUT2D eigenvalue weighted by atomic mass is 16.4. The second kappa shape index (κ2) is 10.5. The number of fused-ring (bicyclic) bond motifs is 2. The fourth-order valence-corrected chi connectivity index (χ4v) is 14.9. The van der Waals surface area contributed by atoms with Crippen molar-refractivity contribution >= 4 is 45.4 Å². The first kappa shape index (κ1) is 32.0. The van der Waals surface area contributed by atoms with Crippen LogP contribution in [0.1, 0.15) is 130 Å². The number of carbonyl (C=O) groups is 4. The van der Waals surface area contributed by atoms with E-state index < -0.39 is 23.9 Å². The molecule has 0 amide bonds. The molecule has 0 radical (unpaired) electrons. The van der Waals surface area contributed by atoms with Crippen molar-refractivity contribution in [3.8, 4) is 0 Å². The number of carboxylic acids is 4. The maximum atomic E-state index is 12.5. The van der Waals surface area contributed by atoms with Crippen LogP contribution in [0.3, 0.4) is 0 Å². The van der Waals surface area contributed by atoms with E-state index in [0.717, 1.165) is 49.3 Å². The van der Waals surface area contributed by atoms with Gasteiger partial charge in [-0.3, -0.25) is 0 Å². The summed E-state index contributed by atoms with van der Waals surface area (Å²) >= 11 is 0. The number of aromatic carboxylic acids is 4. The Balaban J connectivity index is 1.11. The van der Waals surface area contributed by atoms with Crippen LogP contribution in [0.25, 0.3) is 21.5 Å². The lowest BCUT2D eigenvalue weighted by atomic mass is 9.30. The maximum absolute atomic E-state index is 12.5. The quantitative estimate of drug-likeness (QED) is 0.149. The maximum Gasteiger partial charge on any atom is 0.337 e. The minimum absolute atomic E-state index is 0.107. The molecule has 0 aromatic heterocycles. The molecular weight excluding hydrogens is 656 g/mol. The number of hydrogen-bond donors (Lipinski definition) is 4. The summed E-state index contributed by atoms with van der Waals surface area (Å²) in [5, 5.41) is 43.0. The third-order valence-corrected chi connectivity index (χ3v) is 15.4. The first-order valence-electron chi connectivity index (χ1n) is 18.9. The third-order valence-electron chi connectivity index (χ3n) is 15.4. The predicted octanol–water partition coefficient (Wildman–Crippen LogP) is 9.16. The molecule has 8 aliphatic carbocycles. The lowest BCUT2D eigenvalue weighted by Gasteiger charge is -2.74. The molecule has 0 spiro atoms. The Kier molecular flexibility index (Phi) is 6.43.